The fraction of sp³-hybridized carbons (Fsp3) is 0.0278. The molecule has 1 heterocycles. The topological polar surface area (TPSA) is 73.4 Å². The van der Waals surface area contributed by atoms with Gasteiger partial charge in [0.25, 0.3) is 0 Å². The van der Waals surface area contributed by atoms with Crippen molar-refractivity contribution >= 4 is 10.9 Å². The Bertz CT molecular complexity index is 4510. The highest BCUT2D eigenvalue weighted by Crippen LogP contribution is 2.65. The van der Waals surface area contributed by atoms with E-state index < -0.39 is 10.8 Å². The predicted octanol–water partition coefficient (Wildman–Crippen LogP) is 16.7. The van der Waals surface area contributed by atoms with Gasteiger partial charge in [-0.1, -0.05) is 194 Å². The standard InChI is InChI=1S/C72H40N4/c73-41-43-15-13-17-47(35-43)68-59-38-49(45-31-33-56-54-23-5-11-29-64(54)71(66(56)39-45)60-25-7-1-19-50(60)51-20-2-8-26-61(51)71)37-58(69(59)76-70(75-68)48-18-14-16-44(36-48)42-74)46-32-34-57-55-24-6-12-30-65(55)72(67(57)40-46)62-27-9-3-21-52(62)53-22-4-10-28-63(53)72/h1-40H. The van der Waals surface area contributed by atoms with Gasteiger partial charge in [-0.3, -0.25) is 0 Å². The lowest BCUT2D eigenvalue weighted by atomic mass is 9.70. The van der Waals surface area contributed by atoms with Crippen molar-refractivity contribution in [2.24, 2.45) is 0 Å². The highest BCUT2D eigenvalue weighted by molar-refractivity contribution is 6.06. The summed E-state index contributed by atoms with van der Waals surface area (Å²) < 4.78 is 0. The molecule has 2 spiro atoms. The van der Waals surface area contributed by atoms with Gasteiger partial charge >= 0.3 is 0 Å². The number of benzene rings is 11. The van der Waals surface area contributed by atoms with Gasteiger partial charge in [-0.2, -0.15) is 10.5 Å². The van der Waals surface area contributed by atoms with E-state index in [0.717, 1.165) is 44.3 Å². The lowest BCUT2D eigenvalue weighted by Crippen LogP contribution is -2.25. The molecule has 0 N–H and O–H groups in total. The van der Waals surface area contributed by atoms with E-state index in [9.17, 15) is 10.5 Å². The summed E-state index contributed by atoms with van der Waals surface area (Å²) in [6.07, 6.45) is 0. The molecule has 0 fully saturated rings. The van der Waals surface area contributed by atoms with Gasteiger partial charge in [0.2, 0.25) is 0 Å². The Labute approximate surface area is 439 Å². The maximum Gasteiger partial charge on any atom is 0.160 e. The second-order valence-corrected chi connectivity index (χ2v) is 20.5. The first-order chi connectivity index (χ1) is 37.6. The van der Waals surface area contributed by atoms with Crippen LogP contribution in [0, 0.1) is 22.7 Å². The van der Waals surface area contributed by atoms with Crippen LogP contribution >= 0.6 is 0 Å². The second kappa shape index (κ2) is 15.6. The number of hydrogen-bond acceptors (Lipinski definition) is 4. The number of nitriles is 2. The van der Waals surface area contributed by atoms with Gasteiger partial charge in [0.15, 0.2) is 5.82 Å². The van der Waals surface area contributed by atoms with Crippen LogP contribution in [-0.4, -0.2) is 9.97 Å². The minimum Gasteiger partial charge on any atom is -0.227 e. The van der Waals surface area contributed by atoms with Crippen LogP contribution in [0.15, 0.2) is 243 Å². The third kappa shape index (κ3) is 5.49. The molecule has 4 aliphatic carbocycles. The number of hydrogen-bond donors (Lipinski definition) is 0. The van der Waals surface area contributed by atoms with Crippen LogP contribution < -0.4 is 0 Å². The molecule has 0 aliphatic heterocycles. The second-order valence-electron chi connectivity index (χ2n) is 20.5. The molecule has 348 valence electrons. The summed E-state index contributed by atoms with van der Waals surface area (Å²) in [4.78, 5) is 11.0. The SMILES string of the molecule is N#Cc1cccc(-c2nc(-c3cccc(C#N)c3)c3cc(-c4ccc5c(c4)C4(c6ccccc6-c6ccccc64)c4ccccc4-5)cc(-c4ccc5c(c4)C4(c6ccccc6-c6ccccc64)c4ccccc4-5)c3n2)c1. The summed E-state index contributed by atoms with van der Waals surface area (Å²) in [7, 11) is 0. The molecule has 76 heavy (non-hydrogen) atoms. The number of fused-ring (bicyclic) bond motifs is 21. The maximum atomic E-state index is 10.3. The molecule has 0 bridgehead atoms. The van der Waals surface area contributed by atoms with Crippen LogP contribution in [0.1, 0.15) is 55.6 Å². The zero-order valence-electron chi connectivity index (χ0n) is 40.9. The molecule has 16 rings (SSSR count). The Balaban J connectivity index is 1.01. The first-order valence-corrected chi connectivity index (χ1v) is 25.8. The minimum atomic E-state index is -0.555. The van der Waals surface area contributed by atoms with Gasteiger partial charge in [0.05, 0.1) is 45.3 Å². The van der Waals surface area contributed by atoms with Gasteiger partial charge in [0.1, 0.15) is 0 Å². The maximum absolute atomic E-state index is 10.3. The van der Waals surface area contributed by atoms with Crippen molar-refractivity contribution in [2.75, 3.05) is 0 Å². The molecule has 0 unspecified atom stereocenters. The van der Waals surface area contributed by atoms with Crippen molar-refractivity contribution in [1.82, 2.24) is 9.97 Å². The summed E-state index contributed by atoms with van der Waals surface area (Å²) in [5.74, 6) is 0.496. The number of rotatable bonds is 4. The van der Waals surface area contributed by atoms with Crippen molar-refractivity contribution < 1.29 is 0 Å². The van der Waals surface area contributed by atoms with Crippen molar-refractivity contribution in [1.29, 1.82) is 10.5 Å². The van der Waals surface area contributed by atoms with Crippen LogP contribution in [0.3, 0.4) is 0 Å². The smallest absolute Gasteiger partial charge is 0.160 e. The monoisotopic (exact) mass is 960 g/mol. The van der Waals surface area contributed by atoms with Crippen molar-refractivity contribution in [3.8, 4) is 102 Å². The molecule has 11 aromatic carbocycles. The van der Waals surface area contributed by atoms with Gasteiger partial charge in [-0.05, 0) is 154 Å². The molecule has 4 heteroatoms. The molecule has 0 amide bonds. The molecule has 4 aliphatic rings. The third-order valence-corrected chi connectivity index (χ3v) is 17.0. The van der Waals surface area contributed by atoms with E-state index in [2.05, 4.69) is 206 Å². The van der Waals surface area contributed by atoms with Crippen LogP contribution in [0.4, 0.5) is 0 Å². The van der Waals surface area contributed by atoms with E-state index in [0.29, 0.717) is 22.6 Å². The Morgan fingerprint density at radius 1 is 0.276 bits per heavy atom. The van der Waals surface area contributed by atoms with E-state index in [1.54, 1.807) is 6.07 Å². The summed E-state index contributed by atoms with van der Waals surface area (Å²) in [6, 6.07) is 92.2. The van der Waals surface area contributed by atoms with Crippen molar-refractivity contribution in [3.63, 3.8) is 0 Å². The Morgan fingerprint density at radius 2 is 0.671 bits per heavy atom. The largest absolute Gasteiger partial charge is 0.227 e. The molecule has 0 saturated heterocycles. The highest BCUT2D eigenvalue weighted by atomic mass is 14.9. The Morgan fingerprint density at radius 3 is 1.13 bits per heavy atom. The van der Waals surface area contributed by atoms with Crippen LogP contribution in [0.5, 0.6) is 0 Å². The lowest BCUT2D eigenvalue weighted by Gasteiger charge is -2.31. The van der Waals surface area contributed by atoms with Gasteiger partial charge < -0.3 is 0 Å². The summed E-state index contributed by atoms with van der Waals surface area (Å²) in [6.45, 7) is 0. The van der Waals surface area contributed by atoms with E-state index in [4.69, 9.17) is 9.97 Å². The highest BCUT2D eigenvalue weighted by Gasteiger charge is 2.53. The molecular weight excluding hydrogens is 921 g/mol. The first kappa shape index (κ1) is 42.3. The normalized spacial score (nSPS) is 13.7. The van der Waals surface area contributed by atoms with E-state index in [1.165, 1.54) is 89.0 Å². The van der Waals surface area contributed by atoms with Crippen LogP contribution in [-0.2, 0) is 10.8 Å². The quantitative estimate of drug-likeness (QED) is 0.176. The zero-order valence-corrected chi connectivity index (χ0v) is 40.9. The zero-order chi connectivity index (χ0) is 50.3. The minimum absolute atomic E-state index is 0.496. The van der Waals surface area contributed by atoms with Crippen molar-refractivity contribution in [2.45, 2.75) is 10.8 Å². The molecule has 0 atom stereocenters. The first-order valence-electron chi connectivity index (χ1n) is 25.8. The average molecular weight is 961 g/mol. The third-order valence-electron chi connectivity index (χ3n) is 17.0. The summed E-state index contributed by atoms with van der Waals surface area (Å²) in [5, 5.41) is 21.2. The van der Waals surface area contributed by atoms with E-state index in [1.807, 2.05) is 42.5 Å². The summed E-state index contributed by atoms with van der Waals surface area (Å²) >= 11 is 0. The van der Waals surface area contributed by atoms with Crippen LogP contribution in [0.25, 0.3) is 100 Å². The van der Waals surface area contributed by atoms with E-state index >= 15 is 0 Å². The summed E-state index contributed by atoms with van der Waals surface area (Å²) in [5.41, 5.74) is 27.2. The molecule has 0 saturated carbocycles. The fourth-order valence-corrected chi connectivity index (χ4v) is 14.0. The predicted molar refractivity (Wildman–Crippen MR) is 303 cm³/mol. The Hall–Kier alpha value is -10.3. The van der Waals surface area contributed by atoms with Crippen molar-refractivity contribution in [3.05, 3.63) is 298 Å². The molecule has 0 radical (unpaired) electrons. The van der Waals surface area contributed by atoms with Crippen LogP contribution in [0.2, 0.25) is 0 Å². The van der Waals surface area contributed by atoms with Gasteiger partial charge in [-0.15, -0.1) is 0 Å². The average Bonchev–Trinajstić information content (AvgIpc) is 4.27. The number of aromatic nitrogens is 2. The lowest BCUT2D eigenvalue weighted by molar-refractivity contribution is 0.794. The molecule has 1 aromatic heterocycles. The van der Waals surface area contributed by atoms with E-state index in [-0.39, 0.29) is 0 Å². The Kier molecular flexibility index (Phi) is 8.69. The fourth-order valence-electron chi connectivity index (χ4n) is 14.0. The molecule has 4 nitrogen and oxygen atoms in total. The molecular formula is C72H40N4. The van der Waals surface area contributed by atoms with Gasteiger partial charge in [-0.25, -0.2) is 9.97 Å². The van der Waals surface area contributed by atoms with Gasteiger partial charge in [0, 0.05) is 22.1 Å². The molecule has 12 aromatic rings. The number of nitrogens with zero attached hydrogens (tertiary/aromatic N) is 4.